The molecule has 27 heavy (non-hydrogen) atoms. The lowest BCUT2D eigenvalue weighted by Crippen LogP contribution is -2.45. The van der Waals surface area contributed by atoms with Crippen LogP contribution in [-0.4, -0.2) is 65.3 Å². The van der Waals surface area contributed by atoms with Gasteiger partial charge in [0.1, 0.15) is 0 Å². The Morgan fingerprint density at radius 2 is 1.93 bits per heavy atom. The van der Waals surface area contributed by atoms with E-state index in [0.29, 0.717) is 18.8 Å². The molecule has 1 N–H and O–H groups in total. The summed E-state index contributed by atoms with van der Waals surface area (Å²) in [6, 6.07) is 6.44. The molecule has 0 saturated carbocycles. The number of aromatic nitrogens is 2. The molecule has 1 saturated heterocycles. The Bertz CT molecular complexity index is 929. The summed E-state index contributed by atoms with van der Waals surface area (Å²) in [6.07, 6.45) is 4.90. The van der Waals surface area contributed by atoms with Crippen molar-refractivity contribution in [1.82, 2.24) is 18.6 Å². The second-order valence-electron chi connectivity index (χ2n) is 6.70. The summed E-state index contributed by atoms with van der Waals surface area (Å²) < 4.78 is 27.5. The molecule has 2 aromatic rings. The monoisotopic (exact) mass is 390 g/mol. The van der Waals surface area contributed by atoms with Crippen LogP contribution in [0.3, 0.4) is 0 Å². The highest BCUT2D eigenvalue weighted by Crippen LogP contribution is 2.28. The number of rotatable bonds is 5. The first-order valence-electron chi connectivity index (χ1n) is 8.62. The Labute approximate surface area is 158 Å². The maximum Gasteiger partial charge on any atom is 0.335 e. The molecule has 144 valence electrons. The van der Waals surface area contributed by atoms with Crippen molar-refractivity contribution < 1.29 is 18.3 Å². The molecule has 1 fully saturated rings. The van der Waals surface area contributed by atoms with Gasteiger partial charge in [-0.25, -0.2) is 9.78 Å². The van der Waals surface area contributed by atoms with E-state index >= 15 is 0 Å². The van der Waals surface area contributed by atoms with Crippen molar-refractivity contribution in [2.75, 3.05) is 27.2 Å². The summed E-state index contributed by atoms with van der Waals surface area (Å²) >= 11 is 0. The molecule has 1 aromatic heterocycles. The number of carboxylic acid groups (broad SMARTS) is 1. The summed E-state index contributed by atoms with van der Waals surface area (Å²) in [5.74, 6) is -1.01. The van der Waals surface area contributed by atoms with E-state index in [0.717, 1.165) is 24.1 Å². The number of carboxylic acids is 1. The van der Waals surface area contributed by atoms with E-state index in [1.54, 1.807) is 24.5 Å². The van der Waals surface area contributed by atoms with Crippen LogP contribution < -0.4 is 0 Å². The van der Waals surface area contributed by atoms with Crippen LogP contribution in [0, 0.1) is 0 Å². The van der Waals surface area contributed by atoms with Gasteiger partial charge in [0.2, 0.25) is 0 Å². The fourth-order valence-electron chi connectivity index (χ4n) is 3.12. The van der Waals surface area contributed by atoms with Crippen molar-refractivity contribution in [2.24, 2.45) is 0 Å². The highest BCUT2D eigenvalue weighted by molar-refractivity contribution is 7.86. The van der Waals surface area contributed by atoms with Gasteiger partial charge in [0.25, 0.3) is 10.2 Å². The van der Waals surface area contributed by atoms with E-state index in [9.17, 15) is 13.2 Å². The van der Waals surface area contributed by atoms with Crippen molar-refractivity contribution in [3.05, 3.63) is 47.9 Å². The molecule has 0 radical (unpaired) electrons. The molecule has 0 spiro atoms. The lowest BCUT2D eigenvalue weighted by molar-refractivity contribution is 0.0697. The van der Waals surface area contributed by atoms with Crippen LogP contribution in [0.15, 0.2) is 36.7 Å². The van der Waals surface area contributed by atoms with Gasteiger partial charge in [0.05, 0.1) is 23.1 Å². The number of aromatic carboxylic acids is 1. The molecular formula is C18H22N4O4S. The molecule has 2 heterocycles. The Balaban J connectivity index is 1.84. The third kappa shape index (κ3) is 4.15. The standard InChI is InChI=1S/C18H22N4O4S/c1-21(2)27(25,26)22-9-3-4-15(12-22)17-11-19-10-16(20-17)13-5-7-14(8-6-13)18(23)24/h5-8,10-11,15H,3-4,9,12H2,1-2H3,(H,23,24)/t15-/m0/s1. The molecule has 1 aliphatic rings. The topological polar surface area (TPSA) is 104 Å². The lowest BCUT2D eigenvalue weighted by Gasteiger charge is -2.33. The molecule has 0 bridgehead atoms. The maximum atomic E-state index is 12.4. The fourth-order valence-corrected chi connectivity index (χ4v) is 4.31. The number of benzene rings is 1. The van der Waals surface area contributed by atoms with Crippen LogP contribution in [0.5, 0.6) is 0 Å². The molecule has 1 aliphatic heterocycles. The number of hydrogen-bond donors (Lipinski definition) is 1. The SMILES string of the molecule is CN(C)S(=O)(=O)N1CCC[C@H](c2cncc(-c3ccc(C(=O)O)cc3)n2)C1. The largest absolute Gasteiger partial charge is 0.478 e. The van der Waals surface area contributed by atoms with Gasteiger partial charge >= 0.3 is 5.97 Å². The van der Waals surface area contributed by atoms with E-state index in [1.807, 2.05) is 0 Å². The van der Waals surface area contributed by atoms with Gasteiger partial charge in [0, 0.05) is 44.9 Å². The van der Waals surface area contributed by atoms with E-state index in [-0.39, 0.29) is 11.5 Å². The van der Waals surface area contributed by atoms with Gasteiger partial charge in [-0.1, -0.05) is 12.1 Å². The maximum absolute atomic E-state index is 12.4. The minimum atomic E-state index is -3.45. The van der Waals surface area contributed by atoms with Gasteiger partial charge in [-0.3, -0.25) is 4.98 Å². The average molecular weight is 390 g/mol. The van der Waals surface area contributed by atoms with Gasteiger partial charge in [-0.15, -0.1) is 0 Å². The Hall–Kier alpha value is -2.36. The van der Waals surface area contributed by atoms with Gasteiger partial charge in [-0.2, -0.15) is 17.0 Å². The quantitative estimate of drug-likeness (QED) is 0.835. The first-order chi connectivity index (χ1) is 12.8. The fraction of sp³-hybridized carbons (Fsp3) is 0.389. The van der Waals surface area contributed by atoms with Crippen LogP contribution >= 0.6 is 0 Å². The summed E-state index contributed by atoms with van der Waals surface area (Å²) in [4.78, 5) is 19.9. The van der Waals surface area contributed by atoms with Gasteiger partial charge in [-0.05, 0) is 25.0 Å². The minimum absolute atomic E-state index is 0.0285. The van der Waals surface area contributed by atoms with E-state index < -0.39 is 16.2 Å². The smallest absolute Gasteiger partial charge is 0.335 e. The van der Waals surface area contributed by atoms with Crippen molar-refractivity contribution in [2.45, 2.75) is 18.8 Å². The molecule has 1 aromatic carbocycles. The first-order valence-corrected chi connectivity index (χ1v) is 10.0. The van der Waals surface area contributed by atoms with Crippen LogP contribution in [0.1, 0.15) is 34.8 Å². The molecule has 1 atom stereocenters. The first kappa shape index (κ1) is 19.4. The summed E-state index contributed by atoms with van der Waals surface area (Å²) in [5.41, 5.74) is 2.35. The van der Waals surface area contributed by atoms with Gasteiger partial charge < -0.3 is 5.11 Å². The summed E-state index contributed by atoms with van der Waals surface area (Å²) in [5, 5.41) is 9.00. The van der Waals surface area contributed by atoms with E-state index in [1.165, 1.54) is 34.8 Å². The minimum Gasteiger partial charge on any atom is -0.478 e. The van der Waals surface area contributed by atoms with Crippen LogP contribution in [0.4, 0.5) is 0 Å². The average Bonchev–Trinajstić information content (AvgIpc) is 2.68. The van der Waals surface area contributed by atoms with Crippen molar-refractivity contribution >= 4 is 16.2 Å². The predicted octanol–water partition coefficient (Wildman–Crippen LogP) is 1.83. The zero-order valence-electron chi connectivity index (χ0n) is 15.2. The Kier molecular flexibility index (Phi) is 5.54. The van der Waals surface area contributed by atoms with Crippen LogP contribution in [0.25, 0.3) is 11.3 Å². The third-order valence-corrected chi connectivity index (χ3v) is 6.58. The van der Waals surface area contributed by atoms with Crippen LogP contribution in [0.2, 0.25) is 0 Å². The highest BCUT2D eigenvalue weighted by Gasteiger charge is 2.31. The third-order valence-electron chi connectivity index (χ3n) is 4.67. The second-order valence-corrected chi connectivity index (χ2v) is 8.84. The number of carbonyl (C=O) groups is 1. The second kappa shape index (κ2) is 7.71. The Morgan fingerprint density at radius 3 is 2.56 bits per heavy atom. The Morgan fingerprint density at radius 1 is 1.22 bits per heavy atom. The van der Waals surface area contributed by atoms with Crippen LogP contribution in [-0.2, 0) is 10.2 Å². The highest BCUT2D eigenvalue weighted by atomic mass is 32.2. The number of piperidine rings is 1. The predicted molar refractivity (Wildman–Crippen MR) is 101 cm³/mol. The van der Waals surface area contributed by atoms with E-state index in [2.05, 4.69) is 9.97 Å². The molecule has 0 aliphatic carbocycles. The summed E-state index contributed by atoms with van der Waals surface area (Å²) in [6.45, 7) is 0.872. The lowest BCUT2D eigenvalue weighted by atomic mass is 9.96. The molecular weight excluding hydrogens is 368 g/mol. The van der Waals surface area contributed by atoms with E-state index in [4.69, 9.17) is 5.11 Å². The molecule has 0 amide bonds. The molecule has 3 rings (SSSR count). The molecule has 8 nitrogen and oxygen atoms in total. The van der Waals surface area contributed by atoms with Crippen molar-refractivity contribution in [3.63, 3.8) is 0 Å². The number of hydrogen-bond acceptors (Lipinski definition) is 5. The molecule has 9 heteroatoms. The van der Waals surface area contributed by atoms with Crippen molar-refractivity contribution in [1.29, 1.82) is 0 Å². The zero-order chi connectivity index (χ0) is 19.6. The number of nitrogens with zero attached hydrogens (tertiary/aromatic N) is 4. The van der Waals surface area contributed by atoms with Crippen molar-refractivity contribution in [3.8, 4) is 11.3 Å². The molecule has 0 unspecified atom stereocenters. The normalized spacial score (nSPS) is 18.6. The summed E-state index contributed by atoms with van der Waals surface area (Å²) in [7, 11) is -0.397. The van der Waals surface area contributed by atoms with Gasteiger partial charge in [0.15, 0.2) is 0 Å². The zero-order valence-corrected chi connectivity index (χ0v) is 16.1.